The minimum Gasteiger partial charge on any atom is -0.508 e. The lowest BCUT2D eigenvalue weighted by atomic mass is 10.1. The van der Waals surface area contributed by atoms with E-state index in [0.29, 0.717) is 18.0 Å². The number of nitrogens with one attached hydrogen (secondary N) is 2. The van der Waals surface area contributed by atoms with Gasteiger partial charge in [0, 0.05) is 11.3 Å². The Hall–Kier alpha value is -2.73. The molecule has 0 heterocycles. The summed E-state index contributed by atoms with van der Waals surface area (Å²) in [5.74, 6) is 5.99. The first kappa shape index (κ1) is 15.7. The van der Waals surface area contributed by atoms with Crippen LogP contribution in [-0.2, 0) is 13.0 Å². The number of carbonyl (C=O) groups is 1. The fourth-order valence-corrected chi connectivity index (χ4v) is 2.06. The van der Waals surface area contributed by atoms with Gasteiger partial charge in [0.1, 0.15) is 18.1 Å². The zero-order valence-electron chi connectivity index (χ0n) is 12.3. The molecule has 2 amide bonds. The van der Waals surface area contributed by atoms with Crippen molar-refractivity contribution in [1.82, 2.24) is 5.43 Å². The maximum Gasteiger partial charge on any atom is 0.333 e. The number of amides is 2. The van der Waals surface area contributed by atoms with Crippen LogP contribution in [0, 0.1) is 0 Å². The van der Waals surface area contributed by atoms with Crippen LogP contribution in [0.1, 0.15) is 18.1 Å². The van der Waals surface area contributed by atoms with E-state index in [1.807, 2.05) is 30.5 Å². The Bertz CT molecular complexity index is 659. The molecule has 0 spiro atoms. The predicted molar refractivity (Wildman–Crippen MR) is 84.6 cm³/mol. The van der Waals surface area contributed by atoms with Gasteiger partial charge in [-0.15, -0.1) is 0 Å². The van der Waals surface area contributed by atoms with Gasteiger partial charge in [0.25, 0.3) is 0 Å². The topological polar surface area (TPSA) is 96.6 Å². The lowest BCUT2D eigenvalue weighted by Gasteiger charge is -2.14. The van der Waals surface area contributed by atoms with Crippen molar-refractivity contribution in [3.05, 3.63) is 53.6 Å². The highest BCUT2D eigenvalue weighted by atomic mass is 16.5. The zero-order valence-corrected chi connectivity index (χ0v) is 12.3. The van der Waals surface area contributed by atoms with Gasteiger partial charge in [-0.1, -0.05) is 25.1 Å². The second-order valence-electron chi connectivity index (χ2n) is 4.69. The van der Waals surface area contributed by atoms with Crippen molar-refractivity contribution in [3.8, 4) is 11.5 Å². The Kier molecular flexibility index (Phi) is 5.21. The molecular weight excluding hydrogens is 282 g/mol. The number of rotatable bonds is 5. The molecule has 0 aromatic heterocycles. The Morgan fingerprint density at radius 2 is 2.00 bits per heavy atom. The van der Waals surface area contributed by atoms with E-state index in [1.165, 1.54) is 0 Å². The van der Waals surface area contributed by atoms with E-state index < -0.39 is 6.03 Å². The van der Waals surface area contributed by atoms with Gasteiger partial charge in [-0.05, 0) is 36.2 Å². The van der Waals surface area contributed by atoms with E-state index in [4.69, 9.17) is 10.6 Å². The molecule has 2 aromatic carbocycles. The van der Waals surface area contributed by atoms with Gasteiger partial charge in [0.2, 0.25) is 0 Å². The third kappa shape index (κ3) is 3.89. The number of benzene rings is 2. The van der Waals surface area contributed by atoms with Crippen molar-refractivity contribution in [1.29, 1.82) is 0 Å². The fourth-order valence-electron chi connectivity index (χ4n) is 2.06. The molecular formula is C16H19N3O3. The monoisotopic (exact) mass is 301 g/mol. The molecule has 0 bridgehead atoms. The van der Waals surface area contributed by atoms with Crippen LogP contribution in [0.5, 0.6) is 11.5 Å². The number of hydrazine groups is 1. The second-order valence-corrected chi connectivity index (χ2v) is 4.69. The van der Waals surface area contributed by atoms with Crippen molar-refractivity contribution in [2.24, 2.45) is 5.84 Å². The van der Waals surface area contributed by atoms with Gasteiger partial charge >= 0.3 is 6.03 Å². The lowest BCUT2D eigenvalue weighted by Crippen LogP contribution is -2.34. The molecule has 0 saturated carbocycles. The second kappa shape index (κ2) is 7.33. The van der Waals surface area contributed by atoms with Crippen LogP contribution in [0.15, 0.2) is 42.5 Å². The molecule has 0 aliphatic rings. The van der Waals surface area contributed by atoms with Crippen LogP contribution < -0.4 is 21.3 Å². The molecule has 0 aliphatic heterocycles. The van der Waals surface area contributed by atoms with Gasteiger partial charge < -0.3 is 15.2 Å². The summed E-state index contributed by atoms with van der Waals surface area (Å²) in [5, 5.41) is 12.1. The third-order valence-electron chi connectivity index (χ3n) is 3.20. The van der Waals surface area contributed by atoms with Crippen molar-refractivity contribution in [2.45, 2.75) is 20.0 Å². The maximum atomic E-state index is 11.3. The quantitative estimate of drug-likeness (QED) is 0.387. The van der Waals surface area contributed by atoms with E-state index in [1.54, 1.807) is 24.3 Å². The molecule has 0 aliphatic carbocycles. The molecule has 0 saturated heterocycles. The lowest BCUT2D eigenvalue weighted by molar-refractivity contribution is 0.252. The van der Waals surface area contributed by atoms with E-state index in [9.17, 15) is 9.90 Å². The molecule has 0 unspecified atom stereocenters. The van der Waals surface area contributed by atoms with Gasteiger partial charge in [0.05, 0.1) is 0 Å². The highest BCUT2D eigenvalue weighted by molar-refractivity contribution is 5.89. The minimum atomic E-state index is -0.494. The van der Waals surface area contributed by atoms with E-state index in [2.05, 4.69) is 5.32 Å². The smallest absolute Gasteiger partial charge is 0.333 e. The zero-order chi connectivity index (χ0) is 15.9. The van der Waals surface area contributed by atoms with Crippen LogP contribution in [0.4, 0.5) is 10.5 Å². The Balaban J connectivity index is 2.13. The van der Waals surface area contributed by atoms with Crippen LogP contribution in [0.3, 0.4) is 0 Å². The van der Waals surface area contributed by atoms with Crippen LogP contribution >= 0.6 is 0 Å². The molecule has 6 heteroatoms. The van der Waals surface area contributed by atoms with Crippen molar-refractivity contribution in [3.63, 3.8) is 0 Å². The first-order valence-corrected chi connectivity index (χ1v) is 6.94. The van der Waals surface area contributed by atoms with Gasteiger partial charge in [-0.25, -0.2) is 10.6 Å². The molecule has 5 N–H and O–H groups in total. The number of hydrogen-bond acceptors (Lipinski definition) is 4. The number of anilines is 1. The molecule has 6 nitrogen and oxygen atoms in total. The average Bonchev–Trinajstić information content (AvgIpc) is 2.54. The molecule has 0 radical (unpaired) electrons. The van der Waals surface area contributed by atoms with Gasteiger partial charge in [-0.2, -0.15) is 0 Å². The van der Waals surface area contributed by atoms with E-state index in [0.717, 1.165) is 17.5 Å². The van der Waals surface area contributed by atoms with Crippen LogP contribution in [0.25, 0.3) is 0 Å². The summed E-state index contributed by atoms with van der Waals surface area (Å²) in [7, 11) is 0. The summed E-state index contributed by atoms with van der Waals surface area (Å²) in [5.41, 5.74) is 4.39. The summed E-state index contributed by atoms with van der Waals surface area (Å²) in [4.78, 5) is 11.3. The van der Waals surface area contributed by atoms with Gasteiger partial charge in [0.15, 0.2) is 0 Å². The van der Waals surface area contributed by atoms with Gasteiger partial charge in [-0.3, -0.25) is 5.43 Å². The summed E-state index contributed by atoms with van der Waals surface area (Å²) >= 11 is 0. The number of hydrogen-bond donors (Lipinski definition) is 4. The number of ether oxygens (including phenoxy) is 1. The van der Waals surface area contributed by atoms with Crippen molar-refractivity contribution < 1.29 is 14.6 Å². The number of phenols is 1. The Labute approximate surface area is 128 Å². The summed E-state index contributed by atoms with van der Waals surface area (Å²) in [6, 6.07) is 11.8. The molecule has 22 heavy (non-hydrogen) atoms. The SMILES string of the molecule is CCc1cc(O)ccc1OCc1ccccc1NC(=O)NN. The average molecular weight is 301 g/mol. The molecule has 2 aromatic rings. The van der Waals surface area contributed by atoms with Crippen molar-refractivity contribution in [2.75, 3.05) is 5.32 Å². The number of aryl methyl sites for hydroxylation is 1. The number of nitrogens with two attached hydrogens (primary N) is 1. The molecule has 0 atom stereocenters. The Morgan fingerprint density at radius 1 is 1.23 bits per heavy atom. The molecule has 116 valence electrons. The highest BCUT2D eigenvalue weighted by Crippen LogP contribution is 2.26. The first-order valence-electron chi connectivity index (χ1n) is 6.94. The number of urea groups is 1. The first-order chi connectivity index (χ1) is 10.6. The standard InChI is InChI=1S/C16H19N3O3/c1-2-11-9-13(20)7-8-15(11)22-10-12-5-3-4-6-14(12)18-16(21)19-17/h3-9,20H,2,10,17H2,1H3,(H2,18,19,21). The van der Waals surface area contributed by atoms with Crippen molar-refractivity contribution >= 4 is 11.7 Å². The molecule has 0 fully saturated rings. The number of aromatic hydroxyl groups is 1. The minimum absolute atomic E-state index is 0.214. The Morgan fingerprint density at radius 3 is 2.73 bits per heavy atom. The normalized spacial score (nSPS) is 10.1. The number of para-hydroxylation sites is 1. The van der Waals surface area contributed by atoms with Crippen LogP contribution in [-0.4, -0.2) is 11.1 Å². The largest absolute Gasteiger partial charge is 0.508 e. The summed E-state index contributed by atoms with van der Waals surface area (Å²) in [6.07, 6.45) is 0.749. The predicted octanol–water partition coefficient (Wildman–Crippen LogP) is 2.53. The number of carbonyl (C=O) groups excluding carboxylic acids is 1. The number of phenolic OH excluding ortho intramolecular Hbond substituents is 1. The van der Waals surface area contributed by atoms with Crippen LogP contribution in [0.2, 0.25) is 0 Å². The summed E-state index contributed by atoms with van der Waals surface area (Å²) < 4.78 is 5.81. The fraction of sp³-hybridized carbons (Fsp3) is 0.188. The van der Waals surface area contributed by atoms with E-state index in [-0.39, 0.29) is 5.75 Å². The van der Waals surface area contributed by atoms with E-state index >= 15 is 0 Å². The summed E-state index contributed by atoms with van der Waals surface area (Å²) in [6.45, 7) is 2.28. The highest BCUT2D eigenvalue weighted by Gasteiger charge is 2.08. The maximum absolute atomic E-state index is 11.3. The third-order valence-corrected chi connectivity index (χ3v) is 3.20. The molecule has 2 rings (SSSR count).